The standard InChI is InChI=1S/C15H23NO/c1-12(16-8-9-17-2)10-13-6-7-14-4-3-5-15(14)11-13/h6-7,11-12,16H,3-5,8-10H2,1-2H3. The van der Waals surface area contributed by atoms with Gasteiger partial charge in [0.25, 0.3) is 0 Å². The van der Waals surface area contributed by atoms with Crippen LogP contribution in [0, 0.1) is 0 Å². The maximum atomic E-state index is 5.04. The molecule has 0 fully saturated rings. The highest BCUT2D eigenvalue weighted by molar-refractivity contribution is 5.35. The van der Waals surface area contributed by atoms with Crippen LogP contribution in [-0.2, 0) is 24.0 Å². The average Bonchev–Trinajstić information content (AvgIpc) is 2.76. The summed E-state index contributed by atoms with van der Waals surface area (Å²) in [5.74, 6) is 0. The van der Waals surface area contributed by atoms with Crippen molar-refractivity contribution >= 4 is 0 Å². The van der Waals surface area contributed by atoms with E-state index in [1.165, 1.54) is 24.8 Å². The average molecular weight is 233 g/mol. The number of aryl methyl sites for hydroxylation is 2. The van der Waals surface area contributed by atoms with Crippen molar-refractivity contribution in [2.45, 2.75) is 38.6 Å². The minimum Gasteiger partial charge on any atom is -0.383 e. The third-order valence-corrected chi connectivity index (χ3v) is 3.50. The molecule has 17 heavy (non-hydrogen) atoms. The molecule has 0 amide bonds. The molecule has 1 N–H and O–H groups in total. The van der Waals surface area contributed by atoms with Crippen molar-refractivity contribution in [1.82, 2.24) is 5.32 Å². The Hall–Kier alpha value is -0.860. The van der Waals surface area contributed by atoms with Crippen LogP contribution in [0.1, 0.15) is 30.0 Å². The fourth-order valence-corrected chi connectivity index (χ4v) is 2.59. The van der Waals surface area contributed by atoms with Crippen LogP contribution in [0.15, 0.2) is 18.2 Å². The van der Waals surface area contributed by atoms with Crippen molar-refractivity contribution in [1.29, 1.82) is 0 Å². The molecule has 0 aliphatic heterocycles. The molecule has 1 unspecified atom stereocenters. The fraction of sp³-hybridized carbons (Fsp3) is 0.600. The van der Waals surface area contributed by atoms with Crippen LogP contribution in [0.3, 0.4) is 0 Å². The van der Waals surface area contributed by atoms with Gasteiger partial charge in [-0.1, -0.05) is 18.2 Å². The van der Waals surface area contributed by atoms with Gasteiger partial charge in [-0.15, -0.1) is 0 Å². The minimum absolute atomic E-state index is 0.518. The summed E-state index contributed by atoms with van der Waals surface area (Å²) < 4.78 is 5.04. The molecule has 0 radical (unpaired) electrons. The molecule has 0 saturated carbocycles. The molecular formula is C15H23NO. The fourth-order valence-electron chi connectivity index (χ4n) is 2.59. The lowest BCUT2D eigenvalue weighted by Crippen LogP contribution is -2.30. The molecule has 1 aromatic rings. The second-order valence-electron chi connectivity index (χ2n) is 5.01. The normalized spacial score (nSPS) is 15.9. The van der Waals surface area contributed by atoms with Crippen LogP contribution in [0.25, 0.3) is 0 Å². The molecule has 2 heteroatoms. The summed E-state index contributed by atoms with van der Waals surface area (Å²) in [6.45, 7) is 3.96. The molecule has 1 aromatic carbocycles. The summed E-state index contributed by atoms with van der Waals surface area (Å²) in [4.78, 5) is 0. The summed E-state index contributed by atoms with van der Waals surface area (Å²) in [6.07, 6.45) is 4.99. The Bertz CT molecular complexity index is 362. The Balaban J connectivity index is 1.86. The topological polar surface area (TPSA) is 21.3 Å². The SMILES string of the molecule is COCCNC(C)Cc1ccc2c(c1)CCC2. The zero-order chi connectivity index (χ0) is 12.1. The number of nitrogens with one attached hydrogen (secondary N) is 1. The Morgan fingerprint density at radius 1 is 1.29 bits per heavy atom. The van der Waals surface area contributed by atoms with Crippen molar-refractivity contribution in [2.24, 2.45) is 0 Å². The van der Waals surface area contributed by atoms with E-state index in [0.29, 0.717) is 6.04 Å². The van der Waals surface area contributed by atoms with E-state index in [4.69, 9.17) is 4.74 Å². The third-order valence-electron chi connectivity index (χ3n) is 3.50. The number of hydrogen-bond donors (Lipinski definition) is 1. The monoisotopic (exact) mass is 233 g/mol. The Morgan fingerprint density at radius 3 is 2.94 bits per heavy atom. The zero-order valence-corrected chi connectivity index (χ0v) is 11.0. The van der Waals surface area contributed by atoms with Crippen molar-refractivity contribution in [3.63, 3.8) is 0 Å². The molecule has 0 heterocycles. The van der Waals surface area contributed by atoms with E-state index < -0.39 is 0 Å². The molecule has 2 rings (SSSR count). The van der Waals surface area contributed by atoms with E-state index >= 15 is 0 Å². The molecule has 1 aliphatic carbocycles. The van der Waals surface area contributed by atoms with Crippen LogP contribution in [0.4, 0.5) is 0 Å². The van der Waals surface area contributed by atoms with Gasteiger partial charge in [0.15, 0.2) is 0 Å². The lowest BCUT2D eigenvalue weighted by atomic mass is 10.0. The van der Waals surface area contributed by atoms with Crippen molar-refractivity contribution < 1.29 is 4.74 Å². The molecule has 2 nitrogen and oxygen atoms in total. The van der Waals surface area contributed by atoms with E-state index in [1.807, 2.05) is 0 Å². The van der Waals surface area contributed by atoms with Gasteiger partial charge in [0.2, 0.25) is 0 Å². The van der Waals surface area contributed by atoms with Gasteiger partial charge in [0.05, 0.1) is 6.61 Å². The predicted molar refractivity (Wildman–Crippen MR) is 71.5 cm³/mol. The van der Waals surface area contributed by atoms with E-state index in [2.05, 4.69) is 30.4 Å². The quantitative estimate of drug-likeness (QED) is 0.762. The molecule has 94 valence electrons. The maximum absolute atomic E-state index is 5.04. The van der Waals surface area contributed by atoms with Gasteiger partial charge in [-0.3, -0.25) is 0 Å². The molecule has 0 saturated heterocycles. The number of fused-ring (bicyclic) bond motifs is 1. The first-order chi connectivity index (χ1) is 8.29. The Labute approximate surface area is 104 Å². The van der Waals surface area contributed by atoms with Crippen LogP contribution in [-0.4, -0.2) is 26.3 Å². The van der Waals surface area contributed by atoms with E-state index in [-0.39, 0.29) is 0 Å². The first kappa shape index (κ1) is 12.6. The van der Waals surface area contributed by atoms with Crippen molar-refractivity contribution in [3.05, 3.63) is 34.9 Å². The highest BCUT2D eigenvalue weighted by atomic mass is 16.5. The van der Waals surface area contributed by atoms with Crippen LogP contribution >= 0.6 is 0 Å². The second-order valence-corrected chi connectivity index (χ2v) is 5.01. The van der Waals surface area contributed by atoms with Gasteiger partial charge in [-0.2, -0.15) is 0 Å². The van der Waals surface area contributed by atoms with E-state index in [0.717, 1.165) is 19.6 Å². The van der Waals surface area contributed by atoms with Crippen LogP contribution in [0.2, 0.25) is 0 Å². The van der Waals surface area contributed by atoms with Crippen LogP contribution in [0.5, 0.6) is 0 Å². The van der Waals surface area contributed by atoms with Crippen molar-refractivity contribution in [2.75, 3.05) is 20.3 Å². The number of methoxy groups -OCH3 is 1. The summed E-state index contributed by atoms with van der Waals surface area (Å²) >= 11 is 0. The zero-order valence-electron chi connectivity index (χ0n) is 11.0. The third kappa shape index (κ3) is 3.55. The van der Waals surface area contributed by atoms with E-state index in [1.54, 1.807) is 18.2 Å². The molecule has 0 spiro atoms. The largest absolute Gasteiger partial charge is 0.383 e. The van der Waals surface area contributed by atoms with Gasteiger partial charge in [-0.05, 0) is 49.3 Å². The summed E-state index contributed by atoms with van der Waals surface area (Å²) in [7, 11) is 1.74. The lowest BCUT2D eigenvalue weighted by molar-refractivity contribution is 0.196. The molecule has 0 aromatic heterocycles. The highest BCUT2D eigenvalue weighted by Gasteiger charge is 2.11. The number of benzene rings is 1. The van der Waals surface area contributed by atoms with Crippen molar-refractivity contribution in [3.8, 4) is 0 Å². The van der Waals surface area contributed by atoms with Gasteiger partial charge in [0.1, 0.15) is 0 Å². The predicted octanol–water partition coefficient (Wildman–Crippen LogP) is 2.34. The number of rotatable bonds is 6. The smallest absolute Gasteiger partial charge is 0.0587 e. The first-order valence-corrected chi connectivity index (χ1v) is 6.62. The number of ether oxygens (including phenoxy) is 1. The molecule has 1 aliphatic rings. The van der Waals surface area contributed by atoms with Gasteiger partial charge in [0, 0.05) is 19.7 Å². The molecule has 1 atom stereocenters. The van der Waals surface area contributed by atoms with E-state index in [9.17, 15) is 0 Å². The Kier molecular flexibility index (Phi) is 4.57. The number of hydrogen-bond acceptors (Lipinski definition) is 2. The van der Waals surface area contributed by atoms with Gasteiger partial charge in [-0.25, -0.2) is 0 Å². The minimum atomic E-state index is 0.518. The highest BCUT2D eigenvalue weighted by Crippen LogP contribution is 2.23. The van der Waals surface area contributed by atoms with Crippen LogP contribution < -0.4 is 5.32 Å². The summed E-state index contributed by atoms with van der Waals surface area (Å²) in [5, 5.41) is 3.47. The van der Waals surface area contributed by atoms with Gasteiger partial charge >= 0.3 is 0 Å². The summed E-state index contributed by atoms with van der Waals surface area (Å²) in [5.41, 5.74) is 4.60. The maximum Gasteiger partial charge on any atom is 0.0587 e. The molecule has 0 bridgehead atoms. The first-order valence-electron chi connectivity index (χ1n) is 6.62. The second kappa shape index (κ2) is 6.18. The molecular weight excluding hydrogens is 210 g/mol. The Morgan fingerprint density at radius 2 is 2.12 bits per heavy atom. The van der Waals surface area contributed by atoms with Gasteiger partial charge < -0.3 is 10.1 Å². The lowest BCUT2D eigenvalue weighted by Gasteiger charge is -2.14. The summed E-state index contributed by atoms with van der Waals surface area (Å²) in [6, 6.07) is 7.53.